The fraction of sp³-hybridized carbons (Fsp3) is 0.583. The van der Waals surface area contributed by atoms with E-state index in [0.29, 0.717) is 5.56 Å². The highest BCUT2D eigenvalue weighted by molar-refractivity contribution is 5.68. The van der Waals surface area contributed by atoms with E-state index in [9.17, 15) is 19.5 Å². The summed E-state index contributed by atoms with van der Waals surface area (Å²) >= 11 is 0. The number of carboxylic acids is 1. The van der Waals surface area contributed by atoms with E-state index in [1.165, 1.54) is 10.8 Å². The molecule has 1 fully saturated rings. The van der Waals surface area contributed by atoms with Gasteiger partial charge < -0.3 is 19.7 Å². The number of H-pyrrole nitrogens is 1. The number of aromatic nitrogens is 2. The van der Waals surface area contributed by atoms with E-state index in [-0.39, 0.29) is 13.0 Å². The Morgan fingerprint density at radius 2 is 2.29 bits per heavy atom. The summed E-state index contributed by atoms with van der Waals surface area (Å²) in [4.78, 5) is 35.8. The monoisotopic (exact) mass is 300 g/mol. The minimum atomic E-state index is -1.13. The molecule has 1 aliphatic heterocycles. The summed E-state index contributed by atoms with van der Waals surface area (Å²) in [6.07, 6.45) is -0.545. The van der Waals surface area contributed by atoms with Crippen molar-refractivity contribution in [3.8, 4) is 0 Å². The van der Waals surface area contributed by atoms with Gasteiger partial charge in [0, 0.05) is 18.2 Å². The van der Waals surface area contributed by atoms with Crippen LogP contribution < -0.4 is 11.2 Å². The van der Waals surface area contributed by atoms with Gasteiger partial charge in [-0.25, -0.2) is 9.59 Å². The number of carboxylic acid groups (broad SMARTS) is 1. The van der Waals surface area contributed by atoms with E-state index < -0.39 is 42.3 Å². The molecule has 1 unspecified atom stereocenters. The highest BCUT2D eigenvalue weighted by atomic mass is 16.6. The van der Waals surface area contributed by atoms with Gasteiger partial charge in [0.1, 0.15) is 18.9 Å². The lowest BCUT2D eigenvalue weighted by molar-refractivity contribution is -0.146. The zero-order valence-corrected chi connectivity index (χ0v) is 11.3. The lowest BCUT2D eigenvalue weighted by atomic mass is 10.2. The first-order chi connectivity index (χ1) is 9.92. The van der Waals surface area contributed by atoms with Crippen molar-refractivity contribution in [1.29, 1.82) is 0 Å². The molecule has 116 valence electrons. The van der Waals surface area contributed by atoms with Crippen LogP contribution in [-0.2, 0) is 14.3 Å². The number of ether oxygens (including phenoxy) is 2. The molecule has 2 rings (SSSR count). The molecule has 0 bridgehead atoms. The van der Waals surface area contributed by atoms with Crippen molar-refractivity contribution < 1.29 is 24.5 Å². The maximum absolute atomic E-state index is 11.8. The Kier molecular flexibility index (Phi) is 4.56. The fourth-order valence-electron chi connectivity index (χ4n) is 2.19. The molecule has 1 aromatic heterocycles. The lowest BCUT2D eigenvalue weighted by Gasteiger charge is -2.15. The van der Waals surface area contributed by atoms with Crippen LogP contribution in [0.2, 0.25) is 0 Å². The zero-order chi connectivity index (χ0) is 15.6. The molecule has 0 spiro atoms. The molecule has 9 heteroatoms. The van der Waals surface area contributed by atoms with Crippen molar-refractivity contribution in [3.05, 3.63) is 32.6 Å². The van der Waals surface area contributed by atoms with Gasteiger partial charge in [0.2, 0.25) is 0 Å². The van der Waals surface area contributed by atoms with E-state index in [1.54, 1.807) is 6.92 Å². The minimum Gasteiger partial charge on any atom is -0.480 e. The molecule has 2 heterocycles. The molecule has 0 saturated carbocycles. The summed E-state index contributed by atoms with van der Waals surface area (Å²) in [6.45, 7) is 0.667. The van der Waals surface area contributed by atoms with Gasteiger partial charge in [-0.3, -0.25) is 14.3 Å². The first-order valence-electron chi connectivity index (χ1n) is 6.34. The largest absolute Gasteiger partial charge is 0.480 e. The summed E-state index contributed by atoms with van der Waals surface area (Å²) in [5.41, 5.74) is -0.772. The van der Waals surface area contributed by atoms with Crippen LogP contribution in [0.3, 0.4) is 0 Å². The summed E-state index contributed by atoms with van der Waals surface area (Å²) in [7, 11) is 0. The van der Waals surface area contributed by atoms with Crippen molar-refractivity contribution in [1.82, 2.24) is 9.55 Å². The van der Waals surface area contributed by atoms with Crippen LogP contribution in [-0.4, -0.2) is 51.2 Å². The van der Waals surface area contributed by atoms with Gasteiger partial charge in [0.25, 0.3) is 5.56 Å². The number of aliphatic hydroxyl groups excluding tert-OH is 1. The molecule has 1 aromatic rings. The van der Waals surface area contributed by atoms with Crippen LogP contribution in [0.25, 0.3) is 0 Å². The number of hydrogen-bond acceptors (Lipinski definition) is 6. The number of nitrogens with one attached hydrogen (secondary N) is 1. The van der Waals surface area contributed by atoms with Crippen molar-refractivity contribution in [3.63, 3.8) is 0 Å². The Bertz CT molecular complexity index is 635. The molecule has 1 aliphatic rings. The normalized spacial score (nSPS) is 25.1. The van der Waals surface area contributed by atoms with Crippen LogP contribution in [0.5, 0.6) is 0 Å². The van der Waals surface area contributed by atoms with E-state index >= 15 is 0 Å². The van der Waals surface area contributed by atoms with Crippen LogP contribution in [0.1, 0.15) is 18.2 Å². The number of rotatable bonds is 5. The van der Waals surface area contributed by atoms with Gasteiger partial charge in [-0.1, -0.05) is 0 Å². The average molecular weight is 300 g/mol. The molecular weight excluding hydrogens is 284 g/mol. The number of aryl methyl sites for hydroxylation is 1. The summed E-state index contributed by atoms with van der Waals surface area (Å²) < 4.78 is 11.8. The zero-order valence-electron chi connectivity index (χ0n) is 11.3. The third kappa shape index (κ3) is 3.38. The second-order valence-corrected chi connectivity index (χ2v) is 4.77. The Morgan fingerprint density at radius 3 is 2.90 bits per heavy atom. The molecule has 0 aliphatic carbocycles. The maximum Gasteiger partial charge on any atom is 0.330 e. The predicted molar refractivity (Wildman–Crippen MR) is 69.0 cm³/mol. The van der Waals surface area contributed by atoms with Gasteiger partial charge in [-0.2, -0.15) is 0 Å². The third-order valence-electron chi connectivity index (χ3n) is 3.24. The Balaban J connectivity index is 2.19. The van der Waals surface area contributed by atoms with E-state index in [4.69, 9.17) is 14.6 Å². The smallest absolute Gasteiger partial charge is 0.330 e. The predicted octanol–water partition coefficient (Wildman–Crippen LogP) is -1.41. The van der Waals surface area contributed by atoms with E-state index in [2.05, 4.69) is 4.98 Å². The number of aliphatic hydroxyl groups is 1. The van der Waals surface area contributed by atoms with Crippen molar-refractivity contribution in [2.45, 2.75) is 31.8 Å². The van der Waals surface area contributed by atoms with Crippen LogP contribution in [0, 0.1) is 6.92 Å². The fourth-order valence-corrected chi connectivity index (χ4v) is 2.19. The highest BCUT2D eigenvalue weighted by Gasteiger charge is 2.37. The SMILES string of the molecule is Cc1cn([C@H]2CC(OCC(=O)O)[C@@H](CO)O2)c(=O)[nH]c1=O. The number of carbonyl (C=O) groups is 1. The van der Waals surface area contributed by atoms with Gasteiger partial charge in [0.15, 0.2) is 0 Å². The highest BCUT2D eigenvalue weighted by Crippen LogP contribution is 2.29. The summed E-state index contributed by atoms with van der Waals surface area (Å²) in [5.74, 6) is -1.13. The molecule has 0 radical (unpaired) electrons. The molecule has 3 atom stereocenters. The second kappa shape index (κ2) is 6.20. The van der Waals surface area contributed by atoms with Crippen LogP contribution in [0.4, 0.5) is 0 Å². The Morgan fingerprint density at radius 1 is 1.57 bits per heavy atom. The quantitative estimate of drug-likeness (QED) is 0.609. The molecule has 1 saturated heterocycles. The van der Waals surface area contributed by atoms with Gasteiger partial charge in [0.05, 0.1) is 12.7 Å². The van der Waals surface area contributed by atoms with Gasteiger partial charge in [-0.15, -0.1) is 0 Å². The maximum atomic E-state index is 11.8. The van der Waals surface area contributed by atoms with E-state index in [1.807, 2.05) is 0 Å². The lowest BCUT2D eigenvalue weighted by Crippen LogP contribution is -2.33. The number of aromatic amines is 1. The molecule has 0 aromatic carbocycles. The van der Waals surface area contributed by atoms with Crippen molar-refractivity contribution in [2.24, 2.45) is 0 Å². The first-order valence-corrected chi connectivity index (χ1v) is 6.34. The van der Waals surface area contributed by atoms with Crippen LogP contribution in [0.15, 0.2) is 15.8 Å². The first kappa shape index (κ1) is 15.4. The molecule has 21 heavy (non-hydrogen) atoms. The standard InChI is InChI=1S/C12H16N2O7/c1-6-3-14(12(19)13-11(6)18)9-2-7(8(4-15)21-9)20-5-10(16)17/h3,7-9,15H,2,4-5H2,1H3,(H,16,17)(H,13,18,19)/t7?,8-,9-/m1/s1. The van der Waals surface area contributed by atoms with Crippen LogP contribution >= 0.6 is 0 Å². The molecule has 3 N–H and O–H groups in total. The Hall–Kier alpha value is -1.97. The van der Waals surface area contributed by atoms with Crippen molar-refractivity contribution >= 4 is 5.97 Å². The summed E-state index contributed by atoms with van der Waals surface area (Å²) in [6, 6.07) is 0. The Labute approximate surface area is 118 Å². The van der Waals surface area contributed by atoms with E-state index in [0.717, 1.165) is 0 Å². The molecular formula is C12H16N2O7. The second-order valence-electron chi connectivity index (χ2n) is 4.77. The number of hydrogen-bond donors (Lipinski definition) is 3. The summed E-state index contributed by atoms with van der Waals surface area (Å²) in [5, 5.41) is 17.8. The average Bonchev–Trinajstić information content (AvgIpc) is 2.83. The van der Waals surface area contributed by atoms with Crippen molar-refractivity contribution in [2.75, 3.05) is 13.2 Å². The third-order valence-corrected chi connectivity index (χ3v) is 3.24. The molecule has 9 nitrogen and oxygen atoms in total. The topological polar surface area (TPSA) is 131 Å². The number of aliphatic carboxylic acids is 1. The number of nitrogens with zero attached hydrogens (tertiary/aromatic N) is 1. The van der Waals surface area contributed by atoms with Gasteiger partial charge in [-0.05, 0) is 6.92 Å². The minimum absolute atomic E-state index is 0.198. The van der Waals surface area contributed by atoms with Gasteiger partial charge >= 0.3 is 11.7 Å². The molecule has 0 amide bonds.